The first-order chi connectivity index (χ1) is 8.25. The van der Waals surface area contributed by atoms with E-state index in [-0.39, 0.29) is 17.9 Å². The molecule has 1 aromatic rings. The van der Waals surface area contributed by atoms with Gasteiger partial charge in [-0.2, -0.15) is 0 Å². The van der Waals surface area contributed by atoms with Gasteiger partial charge in [-0.25, -0.2) is 0 Å². The van der Waals surface area contributed by atoms with E-state index < -0.39 is 0 Å². The summed E-state index contributed by atoms with van der Waals surface area (Å²) in [5.74, 6) is 0.769. The number of rotatable bonds is 3. The van der Waals surface area contributed by atoms with Crippen LogP contribution in [0.25, 0.3) is 0 Å². The van der Waals surface area contributed by atoms with Gasteiger partial charge in [-0.3, -0.25) is 4.79 Å². The van der Waals surface area contributed by atoms with Crippen molar-refractivity contribution < 1.29 is 9.53 Å². The van der Waals surface area contributed by atoms with Crippen molar-refractivity contribution in [2.45, 2.75) is 18.2 Å². The average Bonchev–Trinajstić information content (AvgIpc) is 2.38. The topological polar surface area (TPSA) is 29.5 Å². The van der Waals surface area contributed by atoms with Crippen LogP contribution < -0.4 is 4.74 Å². The molecule has 0 unspecified atom stereocenters. The molecule has 0 radical (unpaired) electrons. The Kier molecular flexibility index (Phi) is 4.26. The normalized spacial score (nSPS) is 16.9. The Morgan fingerprint density at radius 2 is 1.94 bits per heavy atom. The quantitative estimate of drug-likeness (QED) is 0.774. The molecule has 0 saturated carbocycles. The Bertz CT molecular complexity index is 361. The van der Waals surface area contributed by atoms with Crippen LogP contribution in [0.2, 0.25) is 0 Å². The molecule has 0 N–H and O–H groups in total. The minimum Gasteiger partial charge on any atom is -0.484 e. The van der Waals surface area contributed by atoms with Crippen molar-refractivity contribution in [3.63, 3.8) is 0 Å². The SMILES string of the molecule is O=C(COc1ccccc1)N1CCC(Cl)CC1. The van der Waals surface area contributed by atoms with Crippen LogP contribution >= 0.6 is 11.6 Å². The van der Waals surface area contributed by atoms with E-state index in [1.165, 1.54) is 0 Å². The predicted octanol–water partition coefficient (Wildman–Crippen LogP) is 2.30. The molecule has 1 aliphatic rings. The highest BCUT2D eigenvalue weighted by Gasteiger charge is 2.21. The first kappa shape index (κ1) is 12.2. The van der Waals surface area contributed by atoms with Crippen molar-refractivity contribution in [2.24, 2.45) is 0 Å². The Hall–Kier alpha value is -1.22. The molecule has 1 saturated heterocycles. The lowest BCUT2D eigenvalue weighted by atomic mass is 10.1. The van der Waals surface area contributed by atoms with Crippen LogP contribution in [0, 0.1) is 0 Å². The molecule has 4 heteroatoms. The van der Waals surface area contributed by atoms with E-state index in [1.807, 2.05) is 35.2 Å². The van der Waals surface area contributed by atoms with E-state index in [9.17, 15) is 4.79 Å². The molecule has 1 aliphatic heterocycles. The third kappa shape index (κ3) is 3.63. The third-order valence-electron chi connectivity index (χ3n) is 2.88. The fourth-order valence-corrected chi connectivity index (χ4v) is 2.05. The summed E-state index contributed by atoms with van der Waals surface area (Å²) in [5, 5.41) is 0.217. The smallest absolute Gasteiger partial charge is 0.260 e. The van der Waals surface area contributed by atoms with Crippen LogP contribution in [0.3, 0.4) is 0 Å². The van der Waals surface area contributed by atoms with Crippen LogP contribution in [0.5, 0.6) is 5.75 Å². The van der Waals surface area contributed by atoms with Crippen molar-refractivity contribution in [1.29, 1.82) is 0 Å². The van der Waals surface area contributed by atoms with Crippen LogP contribution in [0.4, 0.5) is 0 Å². The van der Waals surface area contributed by atoms with Gasteiger partial charge < -0.3 is 9.64 Å². The zero-order valence-corrected chi connectivity index (χ0v) is 10.4. The molecule has 0 aliphatic carbocycles. The van der Waals surface area contributed by atoms with Gasteiger partial charge in [0.25, 0.3) is 5.91 Å². The Labute approximate surface area is 106 Å². The lowest BCUT2D eigenvalue weighted by Gasteiger charge is -2.29. The van der Waals surface area contributed by atoms with Gasteiger partial charge in [0.2, 0.25) is 0 Å². The second-order valence-electron chi connectivity index (χ2n) is 4.16. The molecule has 1 amide bonds. The molecule has 0 spiro atoms. The summed E-state index contributed by atoms with van der Waals surface area (Å²) in [4.78, 5) is 13.7. The Morgan fingerprint density at radius 3 is 2.59 bits per heavy atom. The lowest BCUT2D eigenvalue weighted by Crippen LogP contribution is -2.41. The van der Waals surface area contributed by atoms with Crippen molar-refractivity contribution in [3.8, 4) is 5.75 Å². The zero-order valence-electron chi connectivity index (χ0n) is 9.64. The molecule has 1 heterocycles. The summed E-state index contributed by atoms with van der Waals surface area (Å²) in [6.45, 7) is 1.59. The van der Waals surface area contributed by atoms with Gasteiger partial charge in [0.15, 0.2) is 6.61 Å². The standard InChI is InChI=1S/C13H16ClNO2/c14-11-6-8-15(9-7-11)13(16)10-17-12-4-2-1-3-5-12/h1-5,11H,6-10H2. The molecule has 92 valence electrons. The monoisotopic (exact) mass is 253 g/mol. The summed E-state index contributed by atoms with van der Waals surface area (Å²) in [5.41, 5.74) is 0. The molecule has 0 aromatic heterocycles. The molecular formula is C13H16ClNO2. The van der Waals surface area contributed by atoms with Gasteiger partial charge >= 0.3 is 0 Å². The number of nitrogens with zero attached hydrogens (tertiary/aromatic N) is 1. The summed E-state index contributed by atoms with van der Waals surface area (Å²) < 4.78 is 5.42. The molecule has 1 fully saturated rings. The van der Waals surface area contributed by atoms with E-state index in [0.717, 1.165) is 31.7 Å². The van der Waals surface area contributed by atoms with Gasteiger partial charge in [0, 0.05) is 18.5 Å². The largest absolute Gasteiger partial charge is 0.484 e. The van der Waals surface area contributed by atoms with Crippen LogP contribution in [-0.2, 0) is 4.79 Å². The van der Waals surface area contributed by atoms with Gasteiger partial charge in [-0.05, 0) is 25.0 Å². The number of hydrogen-bond acceptors (Lipinski definition) is 2. The van der Waals surface area contributed by atoms with Crippen molar-refractivity contribution in [1.82, 2.24) is 4.90 Å². The summed E-state index contributed by atoms with van der Waals surface area (Å²) >= 11 is 5.99. The van der Waals surface area contributed by atoms with E-state index in [0.29, 0.717) is 0 Å². The number of piperidine rings is 1. The number of amides is 1. The van der Waals surface area contributed by atoms with Gasteiger partial charge in [-0.15, -0.1) is 11.6 Å². The minimum absolute atomic E-state index is 0.0393. The third-order valence-corrected chi connectivity index (χ3v) is 3.32. The maximum absolute atomic E-state index is 11.8. The van der Waals surface area contributed by atoms with Gasteiger partial charge in [0.1, 0.15) is 5.75 Å². The summed E-state index contributed by atoms with van der Waals surface area (Å²) in [7, 11) is 0. The fourth-order valence-electron chi connectivity index (χ4n) is 1.85. The molecule has 0 bridgehead atoms. The molecule has 0 atom stereocenters. The molecule has 3 nitrogen and oxygen atoms in total. The van der Waals surface area contributed by atoms with E-state index >= 15 is 0 Å². The highest BCUT2D eigenvalue weighted by atomic mass is 35.5. The Balaban J connectivity index is 1.78. The number of benzene rings is 1. The van der Waals surface area contributed by atoms with E-state index in [4.69, 9.17) is 16.3 Å². The van der Waals surface area contributed by atoms with Gasteiger partial charge in [-0.1, -0.05) is 18.2 Å². The van der Waals surface area contributed by atoms with Crippen molar-refractivity contribution in [2.75, 3.05) is 19.7 Å². The van der Waals surface area contributed by atoms with Crippen molar-refractivity contribution >= 4 is 17.5 Å². The van der Waals surface area contributed by atoms with Crippen LogP contribution in [-0.4, -0.2) is 35.9 Å². The summed E-state index contributed by atoms with van der Waals surface area (Å²) in [6.07, 6.45) is 1.75. The number of para-hydroxylation sites is 1. The Morgan fingerprint density at radius 1 is 1.29 bits per heavy atom. The summed E-state index contributed by atoms with van der Waals surface area (Å²) in [6, 6.07) is 9.38. The minimum atomic E-state index is 0.0393. The second-order valence-corrected chi connectivity index (χ2v) is 4.77. The number of carbonyl (C=O) groups is 1. The highest BCUT2D eigenvalue weighted by molar-refractivity contribution is 6.20. The zero-order chi connectivity index (χ0) is 12.1. The number of halogens is 1. The maximum Gasteiger partial charge on any atom is 0.260 e. The van der Waals surface area contributed by atoms with Crippen LogP contribution in [0.15, 0.2) is 30.3 Å². The molecule has 1 aromatic carbocycles. The molecule has 17 heavy (non-hydrogen) atoms. The van der Waals surface area contributed by atoms with Crippen LogP contribution in [0.1, 0.15) is 12.8 Å². The second kappa shape index (κ2) is 5.92. The number of ether oxygens (including phenoxy) is 1. The number of likely N-dealkylation sites (tertiary alicyclic amines) is 1. The molecular weight excluding hydrogens is 238 g/mol. The first-order valence-electron chi connectivity index (χ1n) is 5.85. The fraction of sp³-hybridized carbons (Fsp3) is 0.462. The van der Waals surface area contributed by atoms with Gasteiger partial charge in [0.05, 0.1) is 0 Å². The number of hydrogen-bond donors (Lipinski definition) is 0. The number of alkyl halides is 1. The first-order valence-corrected chi connectivity index (χ1v) is 6.29. The van der Waals surface area contributed by atoms with E-state index in [2.05, 4.69) is 0 Å². The van der Waals surface area contributed by atoms with Crippen molar-refractivity contribution in [3.05, 3.63) is 30.3 Å². The highest BCUT2D eigenvalue weighted by Crippen LogP contribution is 2.16. The predicted molar refractivity (Wildman–Crippen MR) is 67.4 cm³/mol. The lowest BCUT2D eigenvalue weighted by molar-refractivity contribution is -0.134. The molecule has 2 rings (SSSR count). The average molecular weight is 254 g/mol. The number of carbonyl (C=O) groups excluding carboxylic acids is 1. The van der Waals surface area contributed by atoms with E-state index in [1.54, 1.807) is 0 Å². The maximum atomic E-state index is 11.8.